The molecule has 0 radical (unpaired) electrons. The zero-order valence-electron chi connectivity index (χ0n) is 11.2. The van der Waals surface area contributed by atoms with Gasteiger partial charge in [-0.05, 0) is 6.42 Å². The van der Waals surface area contributed by atoms with Crippen molar-refractivity contribution in [3.05, 3.63) is 0 Å². The highest BCUT2D eigenvalue weighted by Crippen LogP contribution is 2.30. The summed E-state index contributed by atoms with van der Waals surface area (Å²) in [5.41, 5.74) is -0.174. The van der Waals surface area contributed by atoms with E-state index in [1.807, 2.05) is 0 Å². The number of ether oxygens (including phenoxy) is 1. The number of carbonyl (C=O) groups is 1. The van der Waals surface area contributed by atoms with Gasteiger partial charge in [-0.15, -0.1) is 0 Å². The fourth-order valence-electron chi connectivity index (χ4n) is 1.51. The number of hydrogen-bond donors (Lipinski definition) is 0. The van der Waals surface area contributed by atoms with Crippen molar-refractivity contribution in [3.8, 4) is 0 Å². The van der Waals surface area contributed by atoms with E-state index in [-0.39, 0.29) is 5.41 Å². The van der Waals surface area contributed by atoms with E-state index in [1.54, 1.807) is 7.11 Å². The quantitative estimate of drug-likeness (QED) is 0.577. The van der Waals surface area contributed by atoms with Crippen molar-refractivity contribution in [1.82, 2.24) is 0 Å². The SMILES string of the molecule is CCCCCCC(C)(C)C(=O)SCCOC. The topological polar surface area (TPSA) is 26.3 Å². The first-order chi connectivity index (χ1) is 7.54. The molecule has 0 aromatic rings. The molecule has 0 fully saturated rings. The summed E-state index contributed by atoms with van der Waals surface area (Å²) >= 11 is 1.41. The lowest BCUT2D eigenvalue weighted by molar-refractivity contribution is -0.118. The average molecular weight is 246 g/mol. The minimum absolute atomic E-state index is 0.174. The van der Waals surface area contributed by atoms with E-state index in [0.29, 0.717) is 11.7 Å². The molecule has 0 aliphatic heterocycles. The van der Waals surface area contributed by atoms with Crippen LogP contribution in [0.15, 0.2) is 0 Å². The van der Waals surface area contributed by atoms with Crippen LogP contribution in [0.3, 0.4) is 0 Å². The van der Waals surface area contributed by atoms with Crippen LogP contribution < -0.4 is 0 Å². The monoisotopic (exact) mass is 246 g/mol. The molecule has 0 aromatic heterocycles. The van der Waals surface area contributed by atoms with E-state index >= 15 is 0 Å². The second-order valence-electron chi connectivity index (χ2n) is 4.82. The summed E-state index contributed by atoms with van der Waals surface area (Å²) < 4.78 is 4.94. The molecule has 0 saturated carbocycles. The first-order valence-electron chi connectivity index (χ1n) is 6.20. The van der Waals surface area contributed by atoms with E-state index < -0.39 is 0 Å². The molecule has 2 nitrogen and oxygen atoms in total. The Balaban J connectivity index is 3.77. The molecular weight excluding hydrogens is 220 g/mol. The van der Waals surface area contributed by atoms with Gasteiger partial charge in [-0.25, -0.2) is 0 Å². The smallest absolute Gasteiger partial charge is 0.194 e. The van der Waals surface area contributed by atoms with Gasteiger partial charge in [0.1, 0.15) is 0 Å². The van der Waals surface area contributed by atoms with Gasteiger partial charge in [-0.2, -0.15) is 0 Å². The van der Waals surface area contributed by atoms with Crippen LogP contribution in [-0.2, 0) is 9.53 Å². The van der Waals surface area contributed by atoms with Gasteiger partial charge in [0.2, 0.25) is 0 Å². The lowest BCUT2D eigenvalue weighted by Gasteiger charge is -2.22. The molecule has 0 N–H and O–H groups in total. The second-order valence-corrected chi connectivity index (χ2v) is 5.89. The highest BCUT2D eigenvalue weighted by Gasteiger charge is 2.26. The molecular formula is C13H26O2S. The Morgan fingerprint density at radius 1 is 1.25 bits per heavy atom. The molecule has 3 heteroatoms. The molecule has 0 rings (SSSR count). The van der Waals surface area contributed by atoms with Crippen LogP contribution >= 0.6 is 11.8 Å². The maximum atomic E-state index is 11.9. The van der Waals surface area contributed by atoms with Gasteiger partial charge in [0, 0.05) is 18.3 Å². The number of hydrogen-bond acceptors (Lipinski definition) is 3. The van der Waals surface area contributed by atoms with Gasteiger partial charge < -0.3 is 4.74 Å². The maximum Gasteiger partial charge on any atom is 0.194 e. The number of carbonyl (C=O) groups excluding carboxylic acids is 1. The minimum Gasteiger partial charge on any atom is -0.384 e. The highest BCUT2D eigenvalue weighted by molar-refractivity contribution is 8.13. The van der Waals surface area contributed by atoms with Crippen molar-refractivity contribution >= 4 is 16.9 Å². The fraction of sp³-hybridized carbons (Fsp3) is 0.923. The predicted molar refractivity (Wildman–Crippen MR) is 71.9 cm³/mol. The van der Waals surface area contributed by atoms with Gasteiger partial charge in [-0.3, -0.25) is 4.79 Å². The third-order valence-electron chi connectivity index (χ3n) is 2.73. The number of rotatable bonds is 9. The summed E-state index contributed by atoms with van der Waals surface area (Å²) in [4.78, 5) is 11.9. The van der Waals surface area contributed by atoms with Crippen LogP contribution in [0.1, 0.15) is 52.9 Å². The van der Waals surface area contributed by atoms with Gasteiger partial charge in [0.05, 0.1) is 6.61 Å². The van der Waals surface area contributed by atoms with Crippen molar-refractivity contribution in [1.29, 1.82) is 0 Å². The summed E-state index contributed by atoms with van der Waals surface area (Å²) in [7, 11) is 1.67. The van der Waals surface area contributed by atoms with Crippen molar-refractivity contribution in [2.24, 2.45) is 5.41 Å². The van der Waals surface area contributed by atoms with Crippen LogP contribution in [-0.4, -0.2) is 24.6 Å². The Hall–Kier alpha value is -0.0200. The van der Waals surface area contributed by atoms with E-state index in [2.05, 4.69) is 20.8 Å². The normalized spacial score (nSPS) is 11.8. The van der Waals surface area contributed by atoms with Crippen molar-refractivity contribution in [3.63, 3.8) is 0 Å². The molecule has 96 valence electrons. The zero-order valence-corrected chi connectivity index (χ0v) is 12.0. The lowest BCUT2D eigenvalue weighted by Crippen LogP contribution is -2.22. The van der Waals surface area contributed by atoms with E-state index in [4.69, 9.17) is 4.74 Å². The summed E-state index contributed by atoms with van der Waals surface area (Å²) in [6.07, 6.45) is 5.94. The van der Waals surface area contributed by atoms with Gasteiger partial charge in [-0.1, -0.05) is 58.2 Å². The molecule has 0 aliphatic rings. The number of thioether (sulfide) groups is 1. The predicted octanol–water partition coefficient (Wildman–Crippen LogP) is 3.89. The highest BCUT2D eigenvalue weighted by atomic mass is 32.2. The van der Waals surface area contributed by atoms with Crippen LogP contribution in [0.25, 0.3) is 0 Å². The van der Waals surface area contributed by atoms with Crippen LogP contribution in [0, 0.1) is 5.41 Å². The molecule has 0 amide bonds. The van der Waals surface area contributed by atoms with E-state index in [1.165, 1.54) is 31.0 Å². The molecule has 0 heterocycles. The first kappa shape index (κ1) is 16.0. The summed E-state index contributed by atoms with van der Waals surface area (Å²) in [5.74, 6) is 0.772. The Morgan fingerprint density at radius 3 is 2.50 bits per heavy atom. The largest absolute Gasteiger partial charge is 0.384 e. The Morgan fingerprint density at radius 2 is 1.94 bits per heavy atom. The van der Waals surface area contributed by atoms with Crippen LogP contribution in [0.5, 0.6) is 0 Å². The molecule has 0 atom stereocenters. The fourth-order valence-corrected chi connectivity index (χ4v) is 2.44. The Kier molecular flexibility index (Phi) is 9.04. The molecule has 0 unspecified atom stereocenters. The number of methoxy groups -OCH3 is 1. The summed E-state index contributed by atoms with van der Waals surface area (Å²) in [6, 6.07) is 0. The molecule has 16 heavy (non-hydrogen) atoms. The standard InChI is InChI=1S/C13H26O2S/c1-5-6-7-8-9-13(2,3)12(14)16-11-10-15-4/h5-11H2,1-4H3. The molecule has 0 aromatic carbocycles. The van der Waals surface area contributed by atoms with Crippen molar-refractivity contribution < 1.29 is 9.53 Å². The minimum atomic E-state index is -0.174. The molecule has 0 saturated heterocycles. The maximum absolute atomic E-state index is 11.9. The zero-order chi connectivity index (χ0) is 12.4. The van der Waals surface area contributed by atoms with E-state index in [9.17, 15) is 4.79 Å². The Bertz CT molecular complexity index is 190. The molecule has 0 aliphatic carbocycles. The van der Waals surface area contributed by atoms with Crippen molar-refractivity contribution in [2.45, 2.75) is 52.9 Å². The summed E-state index contributed by atoms with van der Waals surface area (Å²) in [5, 5.41) is 0.307. The van der Waals surface area contributed by atoms with Gasteiger partial charge in [0.15, 0.2) is 5.12 Å². The van der Waals surface area contributed by atoms with Crippen LogP contribution in [0.4, 0.5) is 0 Å². The Labute approximate surface area is 105 Å². The van der Waals surface area contributed by atoms with Crippen LogP contribution in [0.2, 0.25) is 0 Å². The second kappa shape index (κ2) is 9.06. The third kappa shape index (κ3) is 7.29. The first-order valence-corrected chi connectivity index (χ1v) is 7.19. The summed E-state index contributed by atoms with van der Waals surface area (Å²) in [6.45, 7) is 6.97. The van der Waals surface area contributed by atoms with E-state index in [0.717, 1.165) is 18.6 Å². The molecule has 0 spiro atoms. The average Bonchev–Trinajstić information content (AvgIpc) is 2.24. The third-order valence-corrected chi connectivity index (χ3v) is 3.91. The van der Waals surface area contributed by atoms with Gasteiger partial charge in [0.25, 0.3) is 0 Å². The van der Waals surface area contributed by atoms with Crippen molar-refractivity contribution in [2.75, 3.05) is 19.5 Å². The lowest BCUT2D eigenvalue weighted by atomic mass is 9.88. The van der Waals surface area contributed by atoms with Gasteiger partial charge >= 0.3 is 0 Å². The molecule has 0 bridgehead atoms. The number of unbranched alkanes of at least 4 members (excludes halogenated alkanes) is 3.